The molecular formula is C28H45N3Si4. The van der Waals surface area contributed by atoms with Gasteiger partial charge in [-0.25, -0.2) is 15.0 Å². The number of aromatic nitrogens is 3. The quantitative estimate of drug-likeness (QED) is 0.380. The van der Waals surface area contributed by atoms with E-state index in [2.05, 4.69) is 115 Å². The van der Waals surface area contributed by atoms with Crippen molar-refractivity contribution in [1.82, 2.24) is 15.0 Å². The normalized spacial score (nSPS) is 13.3. The highest BCUT2D eigenvalue weighted by molar-refractivity contribution is 6.92. The van der Waals surface area contributed by atoms with Crippen LogP contribution < -0.4 is 20.7 Å². The molecule has 0 spiro atoms. The molecule has 0 bridgehead atoms. The maximum atomic E-state index is 5.11. The van der Waals surface area contributed by atoms with E-state index in [1.807, 2.05) is 6.92 Å². The summed E-state index contributed by atoms with van der Waals surface area (Å²) in [6.07, 6.45) is 0. The van der Waals surface area contributed by atoms with Crippen LogP contribution in [0.5, 0.6) is 0 Å². The molecule has 3 rings (SSSR count). The zero-order valence-corrected chi connectivity index (χ0v) is 28.3. The molecule has 0 saturated heterocycles. The molecule has 0 N–H and O–H groups in total. The molecule has 0 saturated carbocycles. The lowest BCUT2D eigenvalue weighted by atomic mass is 10.2. The van der Waals surface area contributed by atoms with Gasteiger partial charge in [0, 0.05) is 11.1 Å². The van der Waals surface area contributed by atoms with Gasteiger partial charge in [0.25, 0.3) is 0 Å². The van der Waals surface area contributed by atoms with E-state index in [0.717, 1.165) is 28.6 Å². The topological polar surface area (TPSA) is 38.7 Å². The van der Waals surface area contributed by atoms with Crippen LogP contribution in [0.1, 0.15) is 5.82 Å². The van der Waals surface area contributed by atoms with Crippen LogP contribution in [0.25, 0.3) is 22.8 Å². The van der Waals surface area contributed by atoms with Crippen molar-refractivity contribution in [3.05, 3.63) is 42.2 Å². The number of hydrogen-bond donors (Lipinski definition) is 0. The smallest absolute Gasteiger partial charge is 0.163 e. The van der Waals surface area contributed by atoms with E-state index >= 15 is 0 Å². The second-order valence-electron chi connectivity index (χ2n) is 14.1. The fourth-order valence-electron chi connectivity index (χ4n) is 3.99. The molecule has 0 fully saturated rings. The molecular weight excluding hydrogens is 491 g/mol. The predicted molar refractivity (Wildman–Crippen MR) is 167 cm³/mol. The van der Waals surface area contributed by atoms with Crippen molar-refractivity contribution in [2.45, 2.75) is 85.5 Å². The monoisotopic (exact) mass is 535 g/mol. The highest BCUT2D eigenvalue weighted by atomic mass is 28.3. The minimum absolute atomic E-state index is 0.783. The first-order valence-electron chi connectivity index (χ1n) is 12.8. The minimum atomic E-state index is -1.50. The molecule has 0 atom stereocenters. The van der Waals surface area contributed by atoms with Gasteiger partial charge in [0.2, 0.25) is 0 Å². The standard InChI is InChI=1S/C28H45N3Si4/c1-20-29-27(21-14-23(32(2,3)4)18-24(15-21)33(5,6)7)31-28(30-20)22-16-25(34(8,9)10)19-26(17-22)35(11,12)13/h14-19H,1-13H3. The molecule has 3 aromatic rings. The Morgan fingerprint density at radius 3 is 0.886 bits per heavy atom. The van der Waals surface area contributed by atoms with E-state index in [1.54, 1.807) is 0 Å². The van der Waals surface area contributed by atoms with E-state index in [1.165, 1.54) is 20.7 Å². The molecule has 35 heavy (non-hydrogen) atoms. The number of hydrogen-bond acceptors (Lipinski definition) is 3. The Morgan fingerprint density at radius 2 is 0.657 bits per heavy atom. The third-order valence-electron chi connectivity index (χ3n) is 6.59. The molecule has 7 heteroatoms. The molecule has 1 aromatic heterocycles. The van der Waals surface area contributed by atoms with Crippen LogP contribution in [-0.4, -0.2) is 47.2 Å². The molecule has 2 aromatic carbocycles. The van der Waals surface area contributed by atoms with Gasteiger partial charge in [-0.05, 0) is 6.92 Å². The van der Waals surface area contributed by atoms with E-state index in [0.29, 0.717) is 0 Å². The fraction of sp³-hybridized carbons (Fsp3) is 0.464. The zero-order valence-electron chi connectivity index (χ0n) is 24.3. The van der Waals surface area contributed by atoms with Gasteiger partial charge in [0.1, 0.15) is 5.82 Å². The SMILES string of the molecule is Cc1nc(-c2cc([Si](C)(C)C)cc([Si](C)(C)C)c2)nc(-c2cc([Si](C)(C)C)cc([Si](C)(C)C)c2)n1. The van der Waals surface area contributed by atoms with Crippen molar-refractivity contribution in [3.63, 3.8) is 0 Å². The summed E-state index contributed by atoms with van der Waals surface area (Å²) in [5.41, 5.74) is 2.28. The maximum absolute atomic E-state index is 5.11. The largest absolute Gasteiger partial charge is 0.213 e. The third kappa shape index (κ3) is 6.75. The lowest BCUT2D eigenvalue weighted by Gasteiger charge is -2.24. The molecule has 0 aliphatic rings. The van der Waals surface area contributed by atoms with Gasteiger partial charge in [-0.2, -0.15) is 0 Å². The van der Waals surface area contributed by atoms with E-state index in [4.69, 9.17) is 15.0 Å². The highest BCUT2D eigenvalue weighted by Crippen LogP contribution is 2.22. The van der Waals surface area contributed by atoms with Crippen molar-refractivity contribution in [2.75, 3.05) is 0 Å². The third-order valence-corrected chi connectivity index (χ3v) is 14.7. The average molecular weight is 536 g/mol. The Morgan fingerprint density at radius 1 is 0.400 bits per heavy atom. The van der Waals surface area contributed by atoms with Crippen molar-refractivity contribution in [3.8, 4) is 22.8 Å². The Labute approximate surface area is 217 Å². The number of nitrogens with zero attached hydrogens (tertiary/aromatic N) is 3. The Kier molecular flexibility index (Phi) is 7.43. The van der Waals surface area contributed by atoms with Gasteiger partial charge in [0.05, 0.1) is 32.3 Å². The summed E-state index contributed by atoms with van der Waals surface area (Å²) in [4.78, 5) is 14.8. The summed E-state index contributed by atoms with van der Waals surface area (Å²) in [5, 5.41) is 5.92. The summed E-state index contributed by atoms with van der Waals surface area (Å²) in [6, 6.07) is 14.3. The van der Waals surface area contributed by atoms with Crippen molar-refractivity contribution < 1.29 is 0 Å². The van der Waals surface area contributed by atoms with E-state index in [9.17, 15) is 0 Å². The summed E-state index contributed by atoms with van der Waals surface area (Å²) in [5.74, 6) is 2.39. The Bertz CT molecular complexity index is 1080. The van der Waals surface area contributed by atoms with Gasteiger partial charge in [0.15, 0.2) is 11.6 Å². The van der Waals surface area contributed by atoms with Crippen LogP contribution in [0.15, 0.2) is 36.4 Å². The summed E-state index contributed by atoms with van der Waals surface area (Å²) >= 11 is 0. The molecule has 188 valence electrons. The number of benzene rings is 2. The summed E-state index contributed by atoms with van der Waals surface area (Å²) < 4.78 is 0. The summed E-state index contributed by atoms with van der Waals surface area (Å²) in [6.45, 7) is 31.0. The summed E-state index contributed by atoms with van der Waals surface area (Å²) in [7, 11) is -5.98. The Balaban J connectivity index is 2.27. The Hall–Kier alpha value is -1.68. The van der Waals surface area contributed by atoms with E-state index in [-0.39, 0.29) is 0 Å². The highest BCUT2D eigenvalue weighted by Gasteiger charge is 2.26. The zero-order chi connectivity index (χ0) is 26.6. The molecule has 3 nitrogen and oxygen atoms in total. The number of aryl methyl sites for hydroxylation is 1. The van der Waals surface area contributed by atoms with Crippen LogP contribution >= 0.6 is 0 Å². The second-order valence-corrected chi connectivity index (χ2v) is 34.4. The van der Waals surface area contributed by atoms with Gasteiger partial charge in [-0.15, -0.1) is 0 Å². The molecule has 0 aliphatic carbocycles. The fourth-order valence-corrected chi connectivity index (χ4v) is 8.98. The molecule has 1 heterocycles. The first kappa shape index (κ1) is 27.9. The van der Waals surface area contributed by atoms with Crippen molar-refractivity contribution in [2.24, 2.45) is 0 Å². The van der Waals surface area contributed by atoms with Crippen molar-refractivity contribution in [1.29, 1.82) is 0 Å². The van der Waals surface area contributed by atoms with Gasteiger partial charge in [-0.3, -0.25) is 0 Å². The van der Waals surface area contributed by atoms with Gasteiger partial charge < -0.3 is 0 Å². The first-order valence-corrected chi connectivity index (χ1v) is 26.8. The second kappa shape index (κ2) is 9.32. The van der Waals surface area contributed by atoms with Gasteiger partial charge in [-0.1, -0.05) is 136 Å². The molecule has 0 unspecified atom stereocenters. The van der Waals surface area contributed by atoms with Crippen LogP contribution in [0.4, 0.5) is 0 Å². The average Bonchev–Trinajstić information content (AvgIpc) is 2.70. The van der Waals surface area contributed by atoms with Gasteiger partial charge >= 0.3 is 0 Å². The maximum Gasteiger partial charge on any atom is 0.163 e. The van der Waals surface area contributed by atoms with Crippen molar-refractivity contribution >= 4 is 53.0 Å². The molecule has 0 radical (unpaired) electrons. The van der Waals surface area contributed by atoms with Crippen LogP contribution in [0.3, 0.4) is 0 Å². The van der Waals surface area contributed by atoms with Crippen LogP contribution in [0.2, 0.25) is 78.6 Å². The molecule has 0 amide bonds. The predicted octanol–water partition coefficient (Wildman–Crippen LogP) is 5.69. The lowest BCUT2D eigenvalue weighted by Crippen LogP contribution is -2.45. The lowest BCUT2D eigenvalue weighted by molar-refractivity contribution is 0.992. The van der Waals surface area contributed by atoms with E-state index < -0.39 is 32.3 Å². The molecule has 0 aliphatic heterocycles. The minimum Gasteiger partial charge on any atom is -0.213 e. The van der Waals surface area contributed by atoms with Crippen LogP contribution in [0, 0.1) is 6.92 Å². The van der Waals surface area contributed by atoms with Crippen LogP contribution in [-0.2, 0) is 0 Å². The number of rotatable bonds is 6. The first-order chi connectivity index (χ1) is 15.7.